The van der Waals surface area contributed by atoms with E-state index in [4.69, 9.17) is 0 Å². The molecule has 0 atom stereocenters. The quantitative estimate of drug-likeness (QED) is 0.726. The Bertz CT molecular complexity index is 316. The van der Waals surface area contributed by atoms with Gasteiger partial charge in [-0.2, -0.15) is 0 Å². The summed E-state index contributed by atoms with van der Waals surface area (Å²) < 4.78 is 0. The van der Waals surface area contributed by atoms with Gasteiger partial charge in [-0.1, -0.05) is 13.8 Å². The molecule has 0 saturated heterocycles. The topological polar surface area (TPSA) is 25.8 Å². The Labute approximate surface area is 85.8 Å². The van der Waals surface area contributed by atoms with Crippen LogP contribution in [-0.4, -0.2) is 9.97 Å². The minimum atomic E-state index is 0.862. The van der Waals surface area contributed by atoms with Crippen LogP contribution in [0.2, 0.25) is 0 Å². The average Bonchev–Trinajstić information content (AvgIpc) is 3.01. The first kappa shape index (κ1) is 9.63. The van der Waals surface area contributed by atoms with Gasteiger partial charge in [0, 0.05) is 17.7 Å². The lowest BCUT2D eigenvalue weighted by atomic mass is 10.1. The Hall–Kier alpha value is -0.920. The van der Waals surface area contributed by atoms with E-state index >= 15 is 0 Å². The SMILES string of the molecule is CCc1[c]nc(CC2CC2)nc1CC. The number of hydrogen-bond acceptors (Lipinski definition) is 2. The summed E-state index contributed by atoms with van der Waals surface area (Å²) in [5.41, 5.74) is 2.38. The summed E-state index contributed by atoms with van der Waals surface area (Å²) in [6.07, 6.45) is 8.91. The third-order valence-electron chi connectivity index (χ3n) is 2.79. The zero-order chi connectivity index (χ0) is 9.97. The van der Waals surface area contributed by atoms with E-state index in [1.54, 1.807) is 0 Å². The molecule has 1 aromatic rings. The third kappa shape index (κ3) is 2.11. The van der Waals surface area contributed by atoms with Crippen molar-refractivity contribution in [2.75, 3.05) is 0 Å². The van der Waals surface area contributed by atoms with Gasteiger partial charge in [0.1, 0.15) is 5.82 Å². The van der Waals surface area contributed by atoms with Gasteiger partial charge < -0.3 is 0 Å². The highest BCUT2D eigenvalue weighted by Crippen LogP contribution is 2.31. The second-order valence-corrected chi connectivity index (χ2v) is 4.03. The number of aryl methyl sites for hydroxylation is 2. The standard InChI is InChI=1S/C12H17N2/c1-3-10-8-13-12(7-9-5-6-9)14-11(10)4-2/h9H,3-7H2,1-2H3. The van der Waals surface area contributed by atoms with Crippen LogP contribution in [0.4, 0.5) is 0 Å². The molecule has 2 heteroatoms. The van der Waals surface area contributed by atoms with Gasteiger partial charge in [0.15, 0.2) is 0 Å². The predicted molar refractivity (Wildman–Crippen MR) is 56.1 cm³/mol. The molecule has 1 saturated carbocycles. The number of hydrogen-bond donors (Lipinski definition) is 0. The van der Waals surface area contributed by atoms with E-state index in [1.807, 2.05) is 0 Å². The zero-order valence-electron chi connectivity index (χ0n) is 9.01. The highest BCUT2D eigenvalue weighted by Gasteiger charge is 2.23. The van der Waals surface area contributed by atoms with Crippen molar-refractivity contribution in [1.29, 1.82) is 0 Å². The molecule has 0 amide bonds. The fraction of sp³-hybridized carbons (Fsp3) is 0.667. The molecule has 1 aliphatic rings. The van der Waals surface area contributed by atoms with E-state index in [2.05, 4.69) is 30.0 Å². The zero-order valence-corrected chi connectivity index (χ0v) is 9.01. The summed E-state index contributed by atoms with van der Waals surface area (Å²) in [6.45, 7) is 4.28. The molecule has 0 N–H and O–H groups in total. The maximum atomic E-state index is 4.60. The first-order valence-corrected chi connectivity index (χ1v) is 5.59. The van der Waals surface area contributed by atoms with Gasteiger partial charge in [-0.05, 0) is 31.6 Å². The summed E-state index contributed by atoms with van der Waals surface area (Å²) >= 11 is 0. The van der Waals surface area contributed by atoms with Crippen molar-refractivity contribution in [3.63, 3.8) is 0 Å². The molecule has 2 rings (SSSR count). The van der Waals surface area contributed by atoms with E-state index in [-0.39, 0.29) is 0 Å². The first-order valence-electron chi connectivity index (χ1n) is 5.59. The van der Waals surface area contributed by atoms with Gasteiger partial charge in [0.25, 0.3) is 0 Å². The largest absolute Gasteiger partial charge is 0.238 e. The Kier molecular flexibility index (Phi) is 2.80. The van der Waals surface area contributed by atoms with E-state index in [0.717, 1.165) is 31.0 Å². The average molecular weight is 189 g/mol. The molecule has 1 aliphatic carbocycles. The van der Waals surface area contributed by atoms with E-state index in [0.29, 0.717) is 0 Å². The van der Waals surface area contributed by atoms with Gasteiger partial charge in [-0.15, -0.1) is 0 Å². The molecule has 1 fully saturated rings. The van der Waals surface area contributed by atoms with E-state index in [1.165, 1.54) is 24.1 Å². The minimum absolute atomic E-state index is 0.862. The molecule has 2 nitrogen and oxygen atoms in total. The number of aromatic nitrogens is 2. The van der Waals surface area contributed by atoms with Crippen molar-refractivity contribution >= 4 is 0 Å². The molecule has 0 unspecified atom stereocenters. The van der Waals surface area contributed by atoms with Crippen molar-refractivity contribution in [1.82, 2.24) is 9.97 Å². The molecule has 0 aromatic carbocycles. The van der Waals surface area contributed by atoms with Crippen LogP contribution in [0.15, 0.2) is 0 Å². The van der Waals surface area contributed by atoms with E-state index in [9.17, 15) is 0 Å². The maximum Gasteiger partial charge on any atom is 0.129 e. The second kappa shape index (κ2) is 4.07. The van der Waals surface area contributed by atoms with Gasteiger partial charge in [0.05, 0.1) is 6.20 Å². The van der Waals surface area contributed by atoms with Crippen LogP contribution in [0, 0.1) is 12.1 Å². The second-order valence-electron chi connectivity index (χ2n) is 4.03. The molecule has 0 spiro atoms. The molecule has 0 aliphatic heterocycles. The summed E-state index contributed by atoms with van der Waals surface area (Å²) in [5, 5.41) is 0. The molecular formula is C12H17N2. The fourth-order valence-electron chi connectivity index (χ4n) is 1.69. The summed E-state index contributed by atoms with van der Waals surface area (Å²) in [5.74, 6) is 1.86. The minimum Gasteiger partial charge on any atom is -0.238 e. The highest BCUT2D eigenvalue weighted by molar-refractivity contribution is 5.16. The molecule has 1 aromatic heterocycles. The number of rotatable bonds is 4. The van der Waals surface area contributed by atoms with E-state index < -0.39 is 0 Å². The molecule has 1 radical (unpaired) electrons. The van der Waals surface area contributed by atoms with Gasteiger partial charge in [-0.25, -0.2) is 9.97 Å². The Balaban J connectivity index is 2.16. The Morgan fingerprint density at radius 2 is 2.07 bits per heavy atom. The van der Waals surface area contributed by atoms with Crippen LogP contribution in [0.3, 0.4) is 0 Å². The molecule has 0 bridgehead atoms. The monoisotopic (exact) mass is 189 g/mol. The molecular weight excluding hydrogens is 172 g/mol. The maximum absolute atomic E-state index is 4.60. The van der Waals surface area contributed by atoms with Crippen LogP contribution in [0.25, 0.3) is 0 Å². The molecule has 1 heterocycles. The van der Waals surface area contributed by atoms with Crippen LogP contribution in [0.5, 0.6) is 0 Å². The first-order chi connectivity index (χ1) is 6.83. The fourth-order valence-corrected chi connectivity index (χ4v) is 1.69. The third-order valence-corrected chi connectivity index (χ3v) is 2.79. The van der Waals surface area contributed by atoms with Crippen LogP contribution < -0.4 is 0 Å². The Morgan fingerprint density at radius 1 is 1.29 bits per heavy atom. The summed E-state index contributed by atoms with van der Waals surface area (Å²) in [6, 6.07) is 0. The predicted octanol–water partition coefficient (Wildman–Crippen LogP) is 2.35. The lowest BCUT2D eigenvalue weighted by Crippen LogP contribution is -2.04. The van der Waals surface area contributed by atoms with Crippen molar-refractivity contribution in [3.8, 4) is 0 Å². The van der Waals surface area contributed by atoms with Crippen molar-refractivity contribution in [3.05, 3.63) is 23.3 Å². The summed E-state index contributed by atoms with van der Waals surface area (Å²) in [4.78, 5) is 8.90. The van der Waals surface area contributed by atoms with Crippen LogP contribution >= 0.6 is 0 Å². The van der Waals surface area contributed by atoms with Gasteiger partial charge in [-0.3, -0.25) is 0 Å². The lowest BCUT2D eigenvalue weighted by Gasteiger charge is -2.05. The highest BCUT2D eigenvalue weighted by atomic mass is 14.9. The van der Waals surface area contributed by atoms with Gasteiger partial charge >= 0.3 is 0 Å². The van der Waals surface area contributed by atoms with Crippen molar-refractivity contribution in [2.45, 2.75) is 46.0 Å². The molecule has 14 heavy (non-hydrogen) atoms. The van der Waals surface area contributed by atoms with Crippen LogP contribution in [0.1, 0.15) is 43.8 Å². The van der Waals surface area contributed by atoms with Gasteiger partial charge in [0.2, 0.25) is 0 Å². The number of nitrogens with zero attached hydrogens (tertiary/aromatic N) is 2. The molecule has 75 valence electrons. The Morgan fingerprint density at radius 3 is 2.64 bits per heavy atom. The smallest absolute Gasteiger partial charge is 0.129 e. The van der Waals surface area contributed by atoms with Crippen LogP contribution in [-0.2, 0) is 19.3 Å². The van der Waals surface area contributed by atoms with Crippen molar-refractivity contribution in [2.24, 2.45) is 5.92 Å². The normalized spacial score (nSPS) is 15.9. The lowest BCUT2D eigenvalue weighted by molar-refractivity contribution is 0.748. The van der Waals surface area contributed by atoms with Crippen molar-refractivity contribution < 1.29 is 0 Å². The summed E-state index contributed by atoms with van der Waals surface area (Å²) in [7, 11) is 0.